The van der Waals surface area contributed by atoms with E-state index in [4.69, 9.17) is 14.2 Å². The maximum atomic E-state index is 12.7. The lowest BCUT2D eigenvalue weighted by Crippen LogP contribution is -2.47. The van der Waals surface area contributed by atoms with Crippen molar-refractivity contribution in [3.05, 3.63) is 29.3 Å². The van der Waals surface area contributed by atoms with Gasteiger partial charge in [-0.3, -0.25) is 4.79 Å². The number of amides is 1. The lowest BCUT2D eigenvalue weighted by molar-refractivity contribution is -0.181. The molecule has 0 N–H and O–H groups in total. The highest BCUT2D eigenvalue weighted by molar-refractivity contribution is 5.94. The Kier molecular flexibility index (Phi) is 4.36. The van der Waals surface area contributed by atoms with E-state index in [2.05, 4.69) is 6.92 Å². The zero-order valence-corrected chi connectivity index (χ0v) is 13.3. The van der Waals surface area contributed by atoms with Crippen molar-refractivity contribution < 1.29 is 19.0 Å². The van der Waals surface area contributed by atoms with Crippen LogP contribution in [0.4, 0.5) is 0 Å². The Morgan fingerprint density at radius 2 is 1.95 bits per heavy atom. The van der Waals surface area contributed by atoms with Gasteiger partial charge in [0.1, 0.15) is 5.75 Å². The first-order chi connectivity index (χ1) is 10.7. The Balaban J connectivity index is 1.69. The van der Waals surface area contributed by atoms with Crippen LogP contribution in [0.2, 0.25) is 0 Å². The highest BCUT2D eigenvalue weighted by atomic mass is 16.7. The predicted molar refractivity (Wildman–Crippen MR) is 82.1 cm³/mol. The molecule has 1 aromatic carbocycles. The van der Waals surface area contributed by atoms with Crippen LogP contribution in [-0.2, 0) is 15.9 Å². The molecule has 2 aliphatic rings. The SMILES string of the molecule is CCc1cc(C(=O)N2CCC3(CC2)OCCO3)ccc1OC. The van der Waals surface area contributed by atoms with Gasteiger partial charge in [0.2, 0.25) is 0 Å². The highest BCUT2D eigenvalue weighted by Gasteiger charge is 2.40. The Bertz CT molecular complexity index is 542. The summed E-state index contributed by atoms with van der Waals surface area (Å²) >= 11 is 0. The molecule has 2 saturated heterocycles. The number of methoxy groups -OCH3 is 1. The van der Waals surface area contributed by atoms with Gasteiger partial charge in [0.15, 0.2) is 5.79 Å². The molecule has 1 amide bonds. The second kappa shape index (κ2) is 6.26. The molecule has 0 atom stereocenters. The van der Waals surface area contributed by atoms with Gasteiger partial charge in [0, 0.05) is 31.5 Å². The Labute approximate surface area is 131 Å². The molecule has 3 rings (SSSR count). The van der Waals surface area contributed by atoms with E-state index in [-0.39, 0.29) is 5.91 Å². The average Bonchev–Trinajstić information content (AvgIpc) is 3.02. The van der Waals surface area contributed by atoms with E-state index in [1.54, 1.807) is 7.11 Å². The minimum absolute atomic E-state index is 0.0743. The highest BCUT2D eigenvalue weighted by Crippen LogP contribution is 2.32. The second-order valence-corrected chi connectivity index (χ2v) is 5.78. The van der Waals surface area contributed by atoms with Gasteiger partial charge in [0.05, 0.1) is 20.3 Å². The van der Waals surface area contributed by atoms with E-state index in [1.165, 1.54) is 0 Å². The van der Waals surface area contributed by atoms with Crippen LogP contribution in [0.1, 0.15) is 35.7 Å². The number of carbonyl (C=O) groups is 1. The summed E-state index contributed by atoms with van der Waals surface area (Å²) in [5, 5.41) is 0. The fourth-order valence-electron chi connectivity index (χ4n) is 3.21. The minimum atomic E-state index is -0.439. The van der Waals surface area contributed by atoms with Crippen molar-refractivity contribution in [1.29, 1.82) is 0 Å². The predicted octanol–water partition coefficient (Wildman–Crippen LogP) is 2.24. The number of carbonyl (C=O) groups excluding carboxylic acids is 1. The zero-order valence-electron chi connectivity index (χ0n) is 13.3. The van der Waals surface area contributed by atoms with Gasteiger partial charge < -0.3 is 19.1 Å². The molecular weight excluding hydrogens is 282 g/mol. The number of ether oxygens (including phenoxy) is 3. The number of hydrogen-bond donors (Lipinski definition) is 0. The van der Waals surface area contributed by atoms with Gasteiger partial charge in [-0.05, 0) is 30.2 Å². The van der Waals surface area contributed by atoms with Crippen molar-refractivity contribution in [2.75, 3.05) is 33.4 Å². The van der Waals surface area contributed by atoms with Gasteiger partial charge in [-0.25, -0.2) is 0 Å². The standard InChI is InChI=1S/C17H23NO4/c1-3-13-12-14(4-5-15(13)20-2)16(19)18-8-6-17(7-9-18)21-10-11-22-17/h4-5,12H,3,6-11H2,1-2H3. The Hall–Kier alpha value is -1.59. The minimum Gasteiger partial charge on any atom is -0.496 e. The van der Waals surface area contributed by atoms with Crippen LogP contribution in [-0.4, -0.2) is 50.0 Å². The van der Waals surface area contributed by atoms with Gasteiger partial charge in [-0.2, -0.15) is 0 Å². The number of rotatable bonds is 3. The van der Waals surface area contributed by atoms with Crippen LogP contribution in [0.5, 0.6) is 5.75 Å². The van der Waals surface area contributed by atoms with E-state index >= 15 is 0 Å². The van der Waals surface area contributed by atoms with Crippen LogP contribution in [0.15, 0.2) is 18.2 Å². The zero-order chi connectivity index (χ0) is 15.6. The van der Waals surface area contributed by atoms with Crippen LogP contribution in [0.25, 0.3) is 0 Å². The summed E-state index contributed by atoms with van der Waals surface area (Å²) in [5.41, 5.74) is 1.78. The lowest BCUT2D eigenvalue weighted by Gasteiger charge is -2.37. The smallest absolute Gasteiger partial charge is 0.253 e. The Morgan fingerprint density at radius 1 is 1.27 bits per heavy atom. The fraction of sp³-hybridized carbons (Fsp3) is 0.588. The summed E-state index contributed by atoms with van der Waals surface area (Å²) in [4.78, 5) is 14.6. The number of piperidine rings is 1. The topological polar surface area (TPSA) is 48.0 Å². The quantitative estimate of drug-likeness (QED) is 0.859. The molecule has 1 aromatic rings. The summed E-state index contributed by atoms with van der Waals surface area (Å²) in [6, 6.07) is 5.65. The van der Waals surface area contributed by atoms with Crippen molar-refractivity contribution >= 4 is 5.91 Å². The number of aryl methyl sites for hydroxylation is 1. The first-order valence-corrected chi connectivity index (χ1v) is 7.91. The van der Waals surface area contributed by atoms with E-state index in [1.807, 2.05) is 23.1 Å². The molecule has 5 nitrogen and oxygen atoms in total. The molecule has 2 heterocycles. The third-order valence-corrected chi connectivity index (χ3v) is 4.53. The largest absolute Gasteiger partial charge is 0.496 e. The van der Waals surface area contributed by atoms with Gasteiger partial charge >= 0.3 is 0 Å². The molecular formula is C17H23NO4. The van der Waals surface area contributed by atoms with Crippen molar-refractivity contribution in [3.63, 3.8) is 0 Å². The first kappa shape index (κ1) is 15.3. The number of hydrogen-bond acceptors (Lipinski definition) is 4. The summed E-state index contributed by atoms with van der Waals surface area (Å²) in [7, 11) is 1.65. The van der Waals surface area contributed by atoms with E-state index in [0.29, 0.717) is 26.3 Å². The van der Waals surface area contributed by atoms with Crippen molar-refractivity contribution in [1.82, 2.24) is 4.90 Å². The molecule has 5 heteroatoms. The third-order valence-electron chi connectivity index (χ3n) is 4.53. The maximum absolute atomic E-state index is 12.7. The normalized spacial score (nSPS) is 20.4. The molecule has 0 bridgehead atoms. The van der Waals surface area contributed by atoms with Crippen LogP contribution in [0.3, 0.4) is 0 Å². The van der Waals surface area contributed by atoms with E-state index in [9.17, 15) is 4.79 Å². The van der Waals surface area contributed by atoms with Crippen LogP contribution >= 0.6 is 0 Å². The number of benzene rings is 1. The monoisotopic (exact) mass is 305 g/mol. The molecule has 2 aliphatic heterocycles. The summed E-state index contributed by atoms with van der Waals surface area (Å²) < 4.78 is 16.7. The van der Waals surface area contributed by atoms with Gasteiger partial charge in [-0.1, -0.05) is 6.92 Å². The van der Waals surface area contributed by atoms with Gasteiger partial charge in [-0.15, -0.1) is 0 Å². The van der Waals surface area contributed by atoms with Crippen molar-refractivity contribution in [2.24, 2.45) is 0 Å². The molecule has 22 heavy (non-hydrogen) atoms. The van der Waals surface area contributed by atoms with Crippen molar-refractivity contribution in [3.8, 4) is 5.75 Å². The third kappa shape index (κ3) is 2.83. The lowest BCUT2D eigenvalue weighted by atomic mass is 10.0. The Morgan fingerprint density at radius 3 is 2.55 bits per heavy atom. The first-order valence-electron chi connectivity index (χ1n) is 7.91. The molecule has 0 radical (unpaired) electrons. The molecule has 0 aromatic heterocycles. The summed E-state index contributed by atoms with van der Waals surface area (Å²) in [5.74, 6) is 0.472. The van der Waals surface area contributed by atoms with Crippen LogP contribution < -0.4 is 4.74 Å². The fourth-order valence-corrected chi connectivity index (χ4v) is 3.21. The molecule has 0 aliphatic carbocycles. The summed E-state index contributed by atoms with van der Waals surface area (Å²) in [6.07, 6.45) is 2.33. The molecule has 1 spiro atoms. The number of nitrogens with zero attached hydrogens (tertiary/aromatic N) is 1. The van der Waals surface area contributed by atoms with Crippen LogP contribution in [0, 0.1) is 0 Å². The van der Waals surface area contributed by atoms with Crippen molar-refractivity contribution in [2.45, 2.75) is 32.0 Å². The number of likely N-dealkylation sites (tertiary alicyclic amines) is 1. The average molecular weight is 305 g/mol. The van der Waals surface area contributed by atoms with E-state index in [0.717, 1.165) is 36.1 Å². The molecule has 0 saturated carbocycles. The summed E-state index contributed by atoms with van der Waals surface area (Å²) in [6.45, 7) is 4.72. The second-order valence-electron chi connectivity index (χ2n) is 5.78. The maximum Gasteiger partial charge on any atom is 0.253 e. The molecule has 2 fully saturated rings. The molecule has 0 unspecified atom stereocenters. The molecule has 120 valence electrons. The van der Waals surface area contributed by atoms with Gasteiger partial charge in [0.25, 0.3) is 5.91 Å². The van der Waals surface area contributed by atoms with E-state index < -0.39 is 5.79 Å².